The van der Waals surface area contributed by atoms with Crippen LogP contribution in [-0.2, 0) is 0 Å². The molecule has 6 nitrogen and oxygen atoms in total. The van der Waals surface area contributed by atoms with E-state index in [0.29, 0.717) is 12.2 Å². The van der Waals surface area contributed by atoms with E-state index in [4.69, 9.17) is 0 Å². The molecule has 1 amide bonds. The molecule has 2 aromatic heterocycles. The summed E-state index contributed by atoms with van der Waals surface area (Å²) in [5.74, 6) is -0.130. The quantitative estimate of drug-likeness (QED) is 0.634. The van der Waals surface area contributed by atoms with Crippen LogP contribution >= 0.6 is 15.9 Å². The Kier molecular flexibility index (Phi) is 2.62. The van der Waals surface area contributed by atoms with Crippen molar-refractivity contribution in [2.75, 3.05) is 6.54 Å². The first-order valence-corrected chi connectivity index (χ1v) is 6.38. The SMILES string of the molecule is O=C1NCCC(c2c[nH]c(=O)[nH]2)c2c(Br)c[nH]c21. The van der Waals surface area contributed by atoms with E-state index >= 15 is 0 Å². The lowest BCUT2D eigenvalue weighted by Crippen LogP contribution is -2.23. The van der Waals surface area contributed by atoms with Gasteiger partial charge in [0, 0.05) is 40.6 Å². The van der Waals surface area contributed by atoms with Gasteiger partial charge in [-0.1, -0.05) is 0 Å². The van der Waals surface area contributed by atoms with Crippen molar-refractivity contribution in [2.24, 2.45) is 0 Å². The highest BCUT2D eigenvalue weighted by Crippen LogP contribution is 2.35. The minimum absolute atomic E-state index is 0.0153. The summed E-state index contributed by atoms with van der Waals surface area (Å²) in [4.78, 5) is 31.4. The molecule has 0 fully saturated rings. The van der Waals surface area contributed by atoms with E-state index in [2.05, 4.69) is 36.2 Å². The average molecular weight is 311 g/mol. The predicted octanol–water partition coefficient (Wildman–Crippen LogP) is 1.06. The fourth-order valence-electron chi connectivity index (χ4n) is 2.35. The molecule has 0 saturated carbocycles. The largest absolute Gasteiger partial charge is 0.356 e. The summed E-state index contributed by atoms with van der Waals surface area (Å²) in [7, 11) is 0. The third-order valence-electron chi connectivity index (χ3n) is 3.16. The van der Waals surface area contributed by atoms with Gasteiger partial charge in [-0.15, -0.1) is 0 Å². The van der Waals surface area contributed by atoms with E-state index in [1.807, 2.05) is 0 Å². The van der Waals surface area contributed by atoms with Crippen LogP contribution in [0.3, 0.4) is 0 Å². The zero-order valence-corrected chi connectivity index (χ0v) is 10.9. The van der Waals surface area contributed by atoms with Crippen molar-refractivity contribution in [3.8, 4) is 0 Å². The number of imidazole rings is 1. The smallest absolute Gasteiger partial charge is 0.323 e. The highest BCUT2D eigenvalue weighted by Gasteiger charge is 2.28. The van der Waals surface area contributed by atoms with Gasteiger partial charge in [-0.05, 0) is 22.4 Å². The number of aromatic amines is 3. The molecule has 3 heterocycles. The van der Waals surface area contributed by atoms with Crippen molar-refractivity contribution in [3.63, 3.8) is 0 Å². The molecule has 2 aromatic rings. The van der Waals surface area contributed by atoms with Crippen LogP contribution in [0.5, 0.6) is 0 Å². The first-order chi connectivity index (χ1) is 8.66. The molecule has 0 spiro atoms. The van der Waals surface area contributed by atoms with Crippen LogP contribution < -0.4 is 11.0 Å². The Morgan fingerprint density at radius 3 is 2.78 bits per heavy atom. The third kappa shape index (κ3) is 1.71. The van der Waals surface area contributed by atoms with Gasteiger partial charge in [0.05, 0.1) is 0 Å². The van der Waals surface area contributed by atoms with Crippen LogP contribution in [0.1, 0.15) is 34.1 Å². The first-order valence-electron chi connectivity index (χ1n) is 5.59. The number of hydrogen-bond donors (Lipinski definition) is 4. The van der Waals surface area contributed by atoms with E-state index in [1.165, 1.54) is 0 Å². The summed E-state index contributed by atoms with van der Waals surface area (Å²) in [6.07, 6.45) is 4.14. The summed E-state index contributed by atoms with van der Waals surface area (Å²) < 4.78 is 0.849. The van der Waals surface area contributed by atoms with Crippen molar-refractivity contribution in [1.82, 2.24) is 20.3 Å². The van der Waals surface area contributed by atoms with Crippen molar-refractivity contribution >= 4 is 21.8 Å². The second-order valence-corrected chi connectivity index (χ2v) is 5.07. The number of fused-ring (bicyclic) bond motifs is 1. The van der Waals surface area contributed by atoms with Crippen LogP contribution in [0.4, 0.5) is 0 Å². The maximum atomic E-state index is 11.9. The molecule has 18 heavy (non-hydrogen) atoms. The Labute approximate surface area is 110 Å². The summed E-state index contributed by atoms with van der Waals surface area (Å²) >= 11 is 3.45. The number of rotatable bonds is 1. The van der Waals surface area contributed by atoms with E-state index in [1.54, 1.807) is 12.4 Å². The van der Waals surface area contributed by atoms with E-state index < -0.39 is 0 Å². The van der Waals surface area contributed by atoms with Gasteiger partial charge in [0.1, 0.15) is 5.69 Å². The molecule has 0 radical (unpaired) electrons. The fourth-order valence-corrected chi connectivity index (χ4v) is 2.94. The van der Waals surface area contributed by atoms with Gasteiger partial charge in [0.2, 0.25) is 0 Å². The Bertz CT molecular complexity index is 654. The van der Waals surface area contributed by atoms with Gasteiger partial charge in [-0.25, -0.2) is 4.79 Å². The summed E-state index contributed by atoms with van der Waals surface area (Å²) in [5, 5.41) is 2.83. The van der Waals surface area contributed by atoms with Crippen LogP contribution in [0.15, 0.2) is 21.7 Å². The van der Waals surface area contributed by atoms with Crippen LogP contribution in [0.2, 0.25) is 0 Å². The molecule has 0 aliphatic carbocycles. The maximum absolute atomic E-state index is 11.9. The Balaban J connectivity index is 2.15. The van der Waals surface area contributed by atoms with Gasteiger partial charge in [0.25, 0.3) is 5.91 Å². The van der Waals surface area contributed by atoms with Gasteiger partial charge in [-0.2, -0.15) is 0 Å². The predicted molar refractivity (Wildman–Crippen MR) is 68.7 cm³/mol. The molecule has 1 aliphatic rings. The second-order valence-electron chi connectivity index (χ2n) is 4.22. The Hall–Kier alpha value is -1.76. The zero-order chi connectivity index (χ0) is 12.7. The lowest BCUT2D eigenvalue weighted by molar-refractivity contribution is 0.0951. The van der Waals surface area contributed by atoms with Crippen LogP contribution in [-0.4, -0.2) is 27.4 Å². The molecule has 0 aromatic carbocycles. The Morgan fingerprint density at radius 2 is 2.06 bits per heavy atom. The van der Waals surface area contributed by atoms with E-state index in [-0.39, 0.29) is 17.5 Å². The van der Waals surface area contributed by atoms with Gasteiger partial charge in [-0.3, -0.25) is 4.79 Å². The number of H-pyrrole nitrogens is 3. The second kappa shape index (κ2) is 4.16. The van der Waals surface area contributed by atoms with Crippen LogP contribution in [0.25, 0.3) is 0 Å². The number of carbonyl (C=O) groups excluding carboxylic acids is 1. The molecule has 4 N–H and O–H groups in total. The number of halogens is 1. The molecule has 1 aliphatic heterocycles. The number of carbonyl (C=O) groups is 1. The lowest BCUT2D eigenvalue weighted by Gasteiger charge is -2.12. The first kappa shape index (κ1) is 11.3. The maximum Gasteiger partial charge on any atom is 0.323 e. The van der Waals surface area contributed by atoms with Crippen LogP contribution in [0, 0.1) is 0 Å². The number of hydrogen-bond acceptors (Lipinski definition) is 2. The minimum atomic E-state index is -0.234. The third-order valence-corrected chi connectivity index (χ3v) is 3.81. The van der Waals surface area contributed by atoms with Gasteiger partial charge >= 0.3 is 5.69 Å². The molecule has 94 valence electrons. The normalized spacial score (nSPS) is 19.2. The highest BCUT2D eigenvalue weighted by molar-refractivity contribution is 9.10. The van der Waals surface area contributed by atoms with Gasteiger partial charge < -0.3 is 20.3 Å². The number of nitrogens with one attached hydrogen (secondary N) is 4. The molecule has 0 saturated heterocycles. The van der Waals surface area contributed by atoms with Crippen molar-refractivity contribution in [3.05, 3.63) is 44.3 Å². The molecule has 0 bridgehead atoms. The van der Waals surface area contributed by atoms with Crippen molar-refractivity contribution in [2.45, 2.75) is 12.3 Å². The molecular formula is C11H11BrN4O2. The monoisotopic (exact) mass is 310 g/mol. The standard InChI is InChI=1S/C11H11BrN4O2/c12-6-3-14-9-8(6)5(1-2-13-10(9)17)7-4-15-11(18)16-7/h3-5,14H,1-2H2,(H,13,17)(H2,15,16,18). The van der Waals surface area contributed by atoms with E-state index in [0.717, 1.165) is 22.2 Å². The van der Waals surface area contributed by atoms with E-state index in [9.17, 15) is 9.59 Å². The molecule has 1 unspecified atom stereocenters. The highest BCUT2D eigenvalue weighted by atomic mass is 79.9. The summed E-state index contributed by atoms with van der Waals surface area (Å²) in [6.45, 7) is 0.575. The zero-order valence-electron chi connectivity index (χ0n) is 9.34. The molecule has 7 heteroatoms. The average Bonchev–Trinajstić information content (AvgIpc) is 2.87. The molecule has 1 atom stereocenters. The topological polar surface area (TPSA) is 93.5 Å². The minimum Gasteiger partial charge on any atom is -0.356 e. The summed E-state index contributed by atoms with van der Waals surface area (Å²) in [5.41, 5.74) is 1.99. The molecule has 3 rings (SSSR count). The summed E-state index contributed by atoms with van der Waals surface area (Å²) in [6, 6.07) is 0. The van der Waals surface area contributed by atoms with Crippen molar-refractivity contribution in [1.29, 1.82) is 0 Å². The van der Waals surface area contributed by atoms with Crippen molar-refractivity contribution < 1.29 is 4.79 Å². The lowest BCUT2D eigenvalue weighted by atomic mass is 9.94. The van der Waals surface area contributed by atoms with Gasteiger partial charge in [0.15, 0.2) is 0 Å². The number of amides is 1. The Morgan fingerprint density at radius 1 is 1.22 bits per heavy atom. The number of aromatic nitrogens is 3. The molecular weight excluding hydrogens is 300 g/mol. The fraction of sp³-hybridized carbons (Fsp3) is 0.273.